The van der Waals surface area contributed by atoms with E-state index in [-0.39, 0.29) is 11.1 Å². The Morgan fingerprint density at radius 3 is 2.09 bits per heavy atom. The molecule has 3 atom stereocenters. The van der Waals surface area contributed by atoms with E-state index in [1.165, 1.54) is 0 Å². The Balaban J connectivity index is 1.55. The van der Waals surface area contributed by atoms with Crippen LogP contribution in [0.3, 0.4) is 0 Å². The first kappa shape index (κ1) is 21.4. The first-order valence-electron chi connectivity index (χ1n) is 10.9. The highest BCUT2D eigenvalue weighted by atomic mass is 127. The SMILES string of the molecule is Cc1ccc(N2C(=O)[C@@H]3[C@H](c4cccc(I)c4)OC4(C(=O)c5ccccc5C4=O)[C@H]3C2=O)cc1. The van der Waals surface area contributed by atoms with Crippen molar-refractivity contribution in [3.8, 4) is 0 Å². The molecule has 3 aliphatic rings. The highest BCUT2D eigenvalue weighted by Gasteiger charge is 2.74. The minimum atomic E-state index is -2.05. The highest BCUT2D eigenvalue weighted by Crippen LogP contribution is 2.57. The minimum absolute atomic E-state index is 0.226. The molecule has 2 aliphatic heterocycles. The van der Waals surface area contributed by atoms with Crippen molar-refractivity contribution in [2.75, 3.05) is 4.90 Å². The third kappa shape index (κ3) is 2.71. The van der Waals surface area contributed by atoms with Crippen LogP contribution in [-0.2, 0) is 14.3 Å². The topological polar surface area (TPSA) is 80.8 Å². The molecule has 3 aromatic carbocycles. The molecule has 34 heavy (non-hydrogen) atoms. The lowest BCUT2D eigenvalue weighted by atomic mass is 9.77. The van der Waals surface area contributed by atoms with Gasteiger partial charge in [-0.1, -0.05) is 54.1 Å². The number of ketones is 2. The van der Waals surface area contributed by atoms with E-state index in [1.54, 1.807) is 42.5 Å². The quantitative estimate of drug-likeness (QED) is 0.264. The van der Waals surface area contributed by atoms with Crippen molar-refractivity contribution in [3.63, 3.8) is 0 Å². The first-order valence-corrected chi connectivity index (χ1v) is 12.0. The van der Waals surface area contributed by atoms with Crippen LogP contribution in [0, 0.1) is 22.3 Å². The Morgan fingerprint density at radius 2 is 1.47 bits per heavy atom. The highest BCUT2D eigenvalue weighted by molar-refractivity contribution is 14.1. The second-order valence-electron chi connectivity index (χ2n) is 8.88. The lowest BCUT2D eigenvalue weighted by molar-refractivity contribution is -0.127. The van der Waals surface area contributed by atoms with Gasteiger partial charge in [0.05, 0.1) is 23.6 Å². The summed E-state index contributed by atoms with van der Waals surface area (Å²) in [7, 11) is 0. The first-order chi connectivity index (χ1) is 16.3. The Hall–Kier alpha value is -3.17. The zero-order valence-corrected chi connectivity index (χ0v) is 20.2. The number of hydrogen-bond donors (Lipinski definition) is 0. The second-order valence-corrected chi connectivity index (χ2v) is 10.1. The van der Waals surface area contributed by atoms with Crippen molar-refractivity contribution < 1.29 is 23.9 Å². The zero-order chi connectivity index (χ0) is 23.8. The Labute approximate surface area is 209 Å². The molecule has 2 heterocycles. The maximum atomic E-state index is 13.8. The zero-order valence-electron chi connectivity index (χ0n) is 18.0. The van der Waals surface area contributed by atoms with E-state index < -0.39 is 46.9 Å². The molecule has 0 saturated carbocycles. The number of halogens is 1. The molecule has 0 radical (unpaired) electrons. The molecule has 2 fully saturated rings. The number of anilines is 1. The second kappa shape index (κ2) is 7.41. The van der Waals surface area contributed by atoms with Crippen LogP contribution in [0.15, 0.2) is 72.8 Å². The lowest BCUT2D eigenvalue weighted by Crippen LogP contribution is -2.51. The number of benzene rings is 3. The molecule has 0 N–H and O–H groups in total. The smallest absolute Gasteiger partial charge is 0.241 e. The van der Waals surface area contributed by atoms with Gasteiger partial charge in [-0.2, -0.15) is 0 Å². The number of carbonyl (C=O) groups is 4. The van der Waals surface area contributed by atoms with E-state index in [0.29, 0.717) is 11.3 Å². The number of Topliss-reactive ketones (excluding diaryl/α,β-unsaturated/α-hetero) is 2. The van der Waals surface area contributed by atoms with Gasteiger partial charge in [0.2, 0.25) is 29.0 Å². The van der Waals surface area contributed by atoms with Gasteiger partial charge in [-0.25, -0.2) is 4.90 Å². The number of carbonyl (C=O) groups excluding carboxylic acids is 4. The third-order valence-corrected chi connectivity index (χ3v) is 7.66. The summed E-state index contributed by atoms with van der Waals surface area (Å²) in [6.07, 6.45) is -0.908. The summed E-state index contributed by atoms with van der Waals surface area (Å²) in [5.74, 6) is -4.38. The number of hydrogen-bond acceptors (Lipinski definition) is 5. The van der Waals surface area contributed by atoms with Crippen LogP contribution < -0.4 is 4.90 Å². The van der Waals surface area contributed by atoms with Gasteiger partial charge < -0.3 is 4.74 Å². The normalized spacial score (nSPS) is 24.8. The Kier molecular flexibility index (Phi) is 4.66. The van der Waals surface area contributed by atoms with E-state index in [2.05, 4.69) is 22.6 Å². The number of rotatable bonds is 2. The molecule has 6 rings (SSSR count). The van der Waals surface area contributed by atoms with Crippen LogP contribution in [0.25, 0.3) is 0 Å². The van der Waals surface area contributed by atoms with Crippen molar-refractivity contribution >= 4 is 51.7 Å². The van der Waals surface area contributed by atoms with Crippen LogP contribution in [0.5, 0.6) is 0 Å². The number of fused-ring (bicyclic) bond motifs is 3. The van der Waals surface area contributed by atoms with E-state index >= 15 is 0 Å². The summed E-state index contributed by atoms with van der Waals surface area (Å²) in [6, 6.07) is 20.9. The number of aryl methyl sites for hydroxylation is 1. The molecule has 7 heteroatoms. The number of nitrogens with zero attached hydrogens (tertiary/aromatic N) is 1. The van der Waals surface area contributed by atoms with Gasteiger partial charge in [0.25, 0.3) is 0 Å². The molecule has 3 aromatic rings. The Morgan fingerprint density at radius 1 is 0.824 bits per heavy atom. The van der Waals surface area contributed by atoms with E-state index in [9.17, 15) is 19.2 Å². The molecule has 1 spiro atoms. The van der Waals surface area contributed by atoms with Crippen LogP contribution in [-0.4, -0.2) is 29.0 Å². The van der Waals surface area contributed by atoms with E-state index in [4.69, 9.17) is 4.74 Å². The van der Waals surface area contributed by atoms with Gasteiger partial charge in [-0.05, 0) is 59.3 Å². The molecular formula is C27H18INO5. The van der Waals surface area contributed by atoms with Crippen molar-refractivity contribution in [1.29, 1.82) is 0 Å². The number of amides is 2. The van der Waals surface area contributed by atoms with E-state index in [1.807, 2.05) is 37.3 Å². The number of imide groups is 1. The standard InChI is InChI=1S/C27H18INO5/c1-14-9-11-17(12-10-14)29-25(32)20-21(26(29)33)27(34-22(20)15-5-4-6-16(28)13-15)23(30)18-7-2-3-8-19(18)24(27)31/h2-13,20-22H,1H3/t20-,21+,22-/m0/s1. The van der Waals surface area contributed by atoms with Crippen molar-refractivity contribution in [2.45, 2.75) is 18.6 Å². The largest absolute Gasteiger partial charge is 0.349 e. The molecule has 2 saturated heterocycles. The number of ether oxygens (including phenoxy) is 1. The van der Waals surface area contributed by atoms with Crippen LogP contribution in [0.1, 0.15) is 37.9 Å². The van der Waals surface area contributed by atoms with Gasteiger partial charge in [0.1, 0.15) is 0 Å². The molecule has 0 bridgehead atoms. The predicted octanol–water partition coefficient (Wildman–Crippen LogP) is 4.29. The van der Waals surface area contributed by atoms with Gasteiger partial charge >= 0.3 is 0 Å². The van der Waals surface area contributed by atoms with E-state index in [0.717, 1.165) is 14.0 Å². The fourth-order valence-electron chi connectivity index (χ4n) is 5.45. The van der Waals surface area contributed by atoms with Crippen LogP contribution in [0.4, 0.5) is 5.69 Å². The van der Waals surface area contributed by atoms with Crippen molar-refractivity contribution in [1.82, 2.24) is 0 Å². The minimum Gasteiger partial charge on any atom is -0.349 e. The molecule has 6 nitrogen and oxygen atoms in total. The molecule has 0 unspecified atom stereocenters. The lowest BCUT2D eigenvalue weighted by Gasteiger charge is -2.27. The average molecular weight is 563 g/mol. The maximum absolute atomic E-state index is 13.8. The summed E-state index contributed by atoms with van der Waals surface area (Å²) in [5, 5.41) is 0. The van der Waals surface area contributed by atoms with Gasteiger partial charge in [-0.15, -0.1) is 0 Å². The van der Waals surface area contributed by atoms with Crippen molar-refractivity contribution in [2.24, 2.45) is 11.8 Å². The van der Waals surface area contributed by atoms with Crippen LogP contribution >= 0.6 is 22.6 Å². The van der Waals surface area contributed by atoms with Gasteiger partial charge in [0.15, 0.2) is 0 Å². The summed E-state index contributed by atoms with van der Waals surface area (Å²) in [4.78, 5) is 56.2. The van der Waals surface area contributed by atoms with Gasteiger partial charge in [0, 0.05) is 14.7 Å². The average Bonchev–Trinajstić information content (AvgIpc) is 3.40. The van der Waals surface area contributed by atoms with Crippen LogP contribution in [0.2, 0.25) is 0 Å². The summed E-state index contributed by atoms with van der Waals surface area (Å²) >= 11 is 2.15. The molecule has 1 aliphatic carbocycles. The monoisotopic (exact) mass is 563 g/mol. The Bertz CT molecular complexity index is 1380. The molecule has 168 valence electrons. The summed E-state index contributed by atoms with van der Waals surface area (Å²) < 4.78 is 7.21. The fourth-order valence-corrected chi connectivity index (χ4v) is 6.02. The maximum Gasteiger partial charge on any atom is 0.241 e. The van der Waals surface area contributed by atoms with Gasteiger partial charge in [-0.3, -0.25) is 19.2 Å². The summed E-state index contributed by atoms with van der Waals surface area (Å²) in [5.41, 5.74) is 0.458. The molecule has 2 amide bonds. The predicted molar refractivity (Wildman–Crippen MR) is 131 cm³/mol. The van der Waals surface area contributed by atoms with Crippen molar-refractivity contribution in [3.05, 3.63) is 98.6 Å². The third-order valence-electron chi connectivity index (χ3n) is 6.99. The fraction of sp³-hybridized carbons (Fsp3) is 0.185. The molecule has 0 aromatic heterocycles. The summed E-state index contributed by atoms with van der Waals surface area (Å²) in [6.45, 7) is 1.91. The molecular weight excluding hydrogens is 545 g/mol.